The SMILES string of the molecule is CCCNC(c1ccc(OC)cc1)C1(C)CCCO1. The average molecular weight is 263 g/mol. The Morgan fingerprint density at radius 3 is 2.63 bits per heavy atom. The lowest BCUT2D eigenvalue weighted by Crippen LogP contribution is -2.41. The highest BCUT2D eigenvalue weighted by Gasteiger charge is 2.38. The predicted molar refractivity (Wildman–Crippen MR) is 77.6 cm³/mol. The van der Waals surface area contributed by atoms with Crippen LogP contribution in [0.3, 0.4) is 0 Å². The van der Waals surface area contributed by atoms with Crippen LogP contribution in [-0.2, 0) is 4.74 Å². The van der Waals surface area contributed by atoms with Crippen molar-refractivity contribution in [3.63, 3.8) is 0 Å². The Bertz CT molecular complexity index is 382. The number of methoxy groups -OCH3 is 1. The van der Waals surface area contributed by atoms with Gasteiger partial charge in [-0.15, -0.1) is 0 Å². The van der Waals surface area contributed by atoms with E-state index in [1.165, 1.54) is 5.56 Å². The fourth-order valence-electron chi connectivity index (χ4n) is 2.80. The summed E-state index contributed by atoms with van der Waals surface area (Å²) in [6, 6.07) is 8.57. The first kappa shape index (κ1) is 14.4. The fourth-order valence-corrected chi connectivity index (χ4v) is 2.80. The third-order valence-corrected chi connectivity index (χ3v) is 3.91. The van der Waals surface area contributed by atoms with Crippen LogP contribution in [0.1, 0.15) is 44.7 Å². The van der Waals surface area contributed by atoms with Crippen molar-refractivity contribution in [3.8, 4) is 5.75 Å². The van der Waals surface area contributed by atoms with E-state index < -0.39 is 0 Å². The molecule has 0 spiro atoms. The van der Waals surface area contributed by atoms with E-state index in [2.05, 4.69) is 31.3 Å². The summed E-state index contributed by atoms with van der Waals surface area (Å²) in [6.07, 6.45) is 3.39. The van der Waals surface area contributed by atoms with Gasteiger partial charge in [0.15, 0.2) is 0 Å². The van der Waals surface area contributed by atoms with E-state index in [0.717, 1.165) is 38.2 Å². The summed E-state index contributed by atoms with van der Waals surface area (Å²) >= 11 is 0. The van der Waals surface area contributed by atoms with Gasteiger partial charge in [-0.1, -0.05) is 19.1 Å². The highest BCUT2D eigenvalue weighted by molar-refractivity contribution is 5.30. The van der Waals surface area contributed by atoms with Crippen LogP contribution in [0.2, 0.25) is 0 Å². The van der Waals surface area contributed by atoms with Gasteiger partial charge in [0.05, 0.1) is 18.8 Å². The van der Waals surface area contributed by atoms with E-state index in [9.17, 15) is 0 Å². The standard InChI is InChI=1S/C16H25NO2/c1-4-11-17-15(16(2)10-5-12-19-16)13-6-8-14(18-3)9-7-13/h6-9,15,17H,4-5,10-12H2,1-3H3. The van der Waals surface area contributed by atoms with Crippen LogP contribution >= 0.6 is 0 Å². The van der Waals surface area contributed by atoms with Gasteiger partial charge in [-0.3, -0.25) is 0 Å². The minimum absolute atomic E-state index is 0.0935. The zero-order valence-corrected chi connectivity index (χ0v) is 12.2. The van der Waals surface area contributed by atoms with Crippen LogP contribution in [-0.4, -0.2) is 25.9 Å². The summed E-state index contributed by atoms with van der Waals surface area (Å²) in [7, 11) is 1.70. The van der Waals surface area contributed by atoms with Crippen molar-refractivity contribution in [2.45, 2.75) is 44.8 Å². The molecule has 2 atom stereocenters. The number of hydrogen-bond donors (Lipinski definition) is 1. The van der Waals surface area contributed by atoms with Crippen molar-refractivity contribution in [1.82, 2.24) is 5.32 Å². The van der Waals surface area contributed by atoms with Gasteiger partial charge < -0.3 is 14.8 Å². The van der Waals surface area contributed by atoms with Gasteiger partial charge in [-0.2, -0.15) is 0 Å². The fraction of sp³-hybridized carbons (Fsp3) is 0.625. The molecule has 1 aromatic carbocycles. The first-order valence-corrected chi connectivity index (χ1v) is 7.21. The van der Waals surface area contributed by atoms with E-state index >= 15 is 0 Å². The molecule has 0 saturated carbocycles. The second-order valence-corrected chi connectivity index (χ2v) is 5.42. The third kappa shape index (κ3) is 3.28. The number of hydrogen-bond acceptors (Lipinski definition) is 3. The summed E-state index contributed by atoms with van der Waals surface area (Å²) in [5.41, 5.74) is 1.18. The average Bonchev–Trinajstić information content (AvgIpc) is 2.87. The van der Waals surface area contributed by atoms with E-state index in [1.54, 1.807) is 7.11 Å². The van der Waals surface area contributed by atoms with Crippen molar-refractivity contribution in [3.05, 3.63) is 29.8 Å². The third-order valence-electron chi connectivity index (χ3n) is 3.91. The van der Waals surface area contributed by atoms with E-state index in [1.807, 2.05) is 12.1 Å². The summed E-state index contributed by atoms with van der Waals surface area (Å²) in [5.74, 6) is 0.899. The van der Waals surface area contributed by atoms with Gasteiger partial charge in [0, 0.05) is 6.61 Å². The summed E-state index contributed by atoms with van der Waals surface area (Å²) < 4.78 is 11.2. The predicted octanol–water partition coefficient (Wildman–Crippen LogP) is 3.31. The van der Waals surface area contributed by atoms with Gasteiger partial charge >= 0.3 is 0 Å². The Morgan fingerprint density at radius 1 is 1.37 bits per heavy atom. The molecule has 0 bridgehead atoms. The molecule has 0 amide bonds. The van der Waals surface area contributed by atoms with E-state index in [0.29, 0.717) is 0 Å². The van der Waals surface area contributed by atoms with Gasteiger partial charge in [-0.25, -0.2) is 0 Å². The lowest BCUT2D eigenvalue weighted by Gasteiger charge is -2.34. The minimum atomic E-state index is -0.0935. The van der Waals surface area contributed by atoms with E-state index in [4.69, 9.17) is 9.47 Å². The molecule has 1 aliphatic rings. The monoisotopic (exact) mass is 263 g/mol. The molecule has 3 heteroatoms. The molecule has 1 aliphatic heterocycles. The Labute approximate surface area is 116 Å². The lowest BCUT2D eigenvalue weighted by molar-refractivity contribution is -0.0124. The highest BCUT2D eigenvalue weighted by atomic mass is 16.5. The number of nitrogens with one attached hydrogen (secondary N) is 1. The molecule has 1 N–H and O–H groups in total. The molecular weight excluding hydrogens is 238 g/mol. The van der Waals surface area contributed by atoms with Gasteiger partial charge in [0.2, 0.25) is 0 Å². The van der Waals surface area contributed by atoms with E-state index in [-0.39, 0.29) is 11.6 Å². The molecule has 2 rings (SSSR count). The van der Waals surface area contributed by atoms with Crippen LogP contribution < -0.4 is 10.1 Å². The second kappa shape index (κ2) is 6.40. The number of rotatable bonds is 6. The number of benzene rings is 1. The normalized spacial score (nSPS) is 24.4. The van der Waals surface area contributed by atoms with Crippen molar-refractivity contribution in [1.29, 1.82) is 0 Å². The minimum Gasteiger partial charge on any atom is -0.497 e. The van der Waals surface area contributed by atoms with Crippen molar-refractivity contribution < 1.29 is 9.47 Å². The smallest absolute Gasteiger partial charge is 0.118 e. The molecule has 1 saturated heterocycles. The highest BCUT2D eigenvalue weighted by Crippen LogP contribution is 2.37. The molecule has 0 aromatic heterocycles. The molecule has 1 aromatic rings. The summed E-state index contributed by atoms with van der Waals surface area (Å²) in [6.45, 7) is 6.29. The van der Waals surface area contributed by atoms with Crippen LogP contribution in [0.5, 0.6) is 5.75 Å². The largest absolute Gasteiger partial charge is 0.497 e. The molecule has 19 heavy (non-hydrogen) atoms. The Kier molecular flexibility index (Phi) is 4.83. The molecule has 2 unspecified atom stereocenters. The summed E-state index contributed by atoms with van der Waals surface area (Å²) in [5, 5.41) is 3.64. The number of ether oxygens (including phenoxy) is 2. The van der Waals surface area contributed by atoms with Gasteiger partial charge in [-0.05, 0) is 50.4 Å². The lowest BCUT2D eigenvalue weighted by atomic mass is 9.87. The van der Waals surface area contributed by atoms with Crippen molar-refractivity contribution in [2.24, 2.45) is 0 Å². The Hall–Kier alpha value is -1.06. The molecule has 0 aliphatic carbocycles. The molecule has 1 heterocycles. The molecule has 3 nitrogen and oxygen atoms in total. The van der Waals surface area contributed by atoms with Crippen LogP contribution in [0, 0.1) is 0 Å². The van der Waals surface area contributed by atoms with Gasteiger partial charge in [0.1, 0.15) is 5.75 Å². The maximum atomic E-state index is 6.02. The van der Waals surface area contributed by atoms with Crippen LogP contribution in [0.15, 0.2) is 24.3 Å². The van der Waals surface area contributed by atoms with Crippen molar-refractivity contribution >= 4 is 0 Å². The topological polar surface area (TPSA) is 30.5 Å². The molecule has 0 radical (unpaired) electrons. The zero-order valence-electron chi connectivity index (χ0n) is 12.2. The first-order chi connectivity index (χ1) is 9.19. The Balaban J connectivity index is 2.20. The van der Waals surface area contributed by atoms with Gasteiger partial charge in [0.25, 0.3) is 0 Å². The quantitative estimate of drug-likeness (QED) is 0.854. The zero-order chi connectivity index (χ0) is 13.7. The maximum absolute atomic E-state index is 6.02. The van der Waals surface area contributed by atoms with Crippen LogP contribution in [0.25, 0.3) is 0 Å². The molecule has 106 valence electrons. The summed E-state index contributed by atoms with van der Waals surface area (Å²) in [4.78, 5) is 0. The first-order valence-electron chi connectivity index (χ1n) is 7.21. The molecular formula is C16H25NO2. The Morgan fingerprint density at radius 2 is 2.11 bits per heavy atom. The molecule has 1 fully saturated rings. The second-order valence-electron chi connectivity index (χ2n) is 5.42. The van der Waals surface area contributed by atoms with Crippen molar-refractivity contribution in [2.75, 3.05) is 20.3 Å². The van der Waals surface area contributed by atoms with Crippen LogP contribution in [0.4, 0.5) is 0 Å². The maximum Gasteiger partial charge on any atom is 0.118 e.